The lowest BCUT2D eigenvalue weighted by Crippen LogP contribution is -2.46. The summed E-state index contributed by atoms with van der Waals surface area (Å²) >= 11 is 6.22. The highest BCUT2D eigenvalue weighted by molar-refractivity contribution is 6.32. The lowest BCUT2D eigenvalue weighted by molar-refractivity contribution is 0.215. The summed E-state index contributed by atoms with van der Waals surface area (Å²) in [6.45, 7) is 4.13. The van der Waals surface area contributed by atoms with Crippen molar-refractivity contribution in [1.82, 2.24) is 20.0 Å². The number of furan rings is 1. The smallest absolute Gasteiger partial charge is 0.241 e. The lowest BCUT2D eigenvalue weighted by atomic mass is 10.3. The van der Waals surface area contributed by atoms with Crippen molar-refractivity contribution in [2.45, 2.75) is 6.54 Å². The third-order valence-corrected chi connectivity index (χ3v) is 4.31. The van der Waals surface area contributed by atoms with Crippen LogP contribution in [-0.4, -0.2) is 46.2 Å². The quantitative estimate of drug-likeness (QED) is 0.719. The van der Waals surface area contributed by atoms with Crippen molar-refractivity contribution < 1.29 is 8.94 Å². The van der Waals surface area contributed by atoms with Gasteiger partial charge in [-0.15, -0.1) is 0 Å². The Morgan fingerprint density at radius 1 is 1.17 bits per heavy atom. The molecule has 0 spiro atoms. The van der Waals surface area contributed by atoms with Gasteiger partial charge in [0.15, 0.2) is 0 Å². The van der Waals surface area contributed by atoms with Gasteiger partial charge in [0.25, 0.3) is 0 Å². The van der Waals surface area contributed by atoms with Gasteiger partial charge in [0.2, 0.25) is 11.7 Å². The molecule has 1 fully saturated rings. The fourth-order valence-electron chi connectivity index (χ4n) is 2.75. The molecule has 3 aromatic heterocycles. The van der Waals surface area contributed by atoms with Crippen LogP contribution in [0.15, 0.2) is 45.9 Å². The van der Waals surface area contributed by atoms with Crippen molar-refractivity contribution in [2.75, 3.05) is 31.1 Å². The third-order valence-electron chi connectivity index (χ3n) is 4.02. The van der Waals surface area contributed by atoms with E-state index in [-0.39, 0.29) is 0 Å². The molecule has 1 aliphatic heterocycles. The van der Waals surface area contributed by atoms with Crippen LogP contribution in [0.25, 0.3) is 11.4 Å². The molecule has 7 nitrogen and oxygen atoms in total. The van der Waals surface area contributed by atoms with E-state index in [1.54, 1.807) is 18.7 Å². The number of piperazine rings is 1. The first kappa shape index (κ1) is 15.2. The molecule has 8 heteroatoms. The van der Waals surface area contributed by atoms with E-state index in [4.69, 9.17) is 20.5 Å². The van der Waals surface area contributed by atoms with Crippen molar-refractivity contribution >= 4 is 17.4 Å². The maximum atomic E-state index is 6.22. The molecule has 0 saturated carbocycles. The number of pyridine rings is 1. The number of nitrogens with zero attached hydrogens (tertiary/aromatic N) is 5. The highest BCUT2D eigenvalue weighted by Crippen LogP contribution is 2.23. The van der Waals surface area contributed by atoms with E-state index in [1.807, 2.05) is 18.2 Å². The molecule has 4 heterocycles. The van der Waals surface area contributed by atoms with Crippen LogP contribution in [0, 0.1) is 0 Å². The number of aromatic nitrogens is 3. The van der Waals surface area contributed by atoms with E-state index in [0.717, 1.165) is 37.6 Å². The minimum atomic E-state index is 0.553. The maximum Gasteiger partial charge on any atom is 0.241 e. The van der Waals surface area contributed by atoms with Crippen molar-refractivity contribution in [1.29, 1.82) is 0 Å². The molecule has 124 valence electrons. The number of rotatable bonds is 4. The number of anilines is 1. The Bertz CT molecular complexity index is 796. The van der Waals surface area contributed by atoms with Crippen molar-refractivity contribution in [3.05, 3.63) is 47.8 Å². The van der Waals surface area contributed by atoms with Gasteiger partial charge >= 0.3 is 0 Å². The van der Waals surface area contributed by atoms with Gasteiger partial charge in [0.05, 0.1) is 23.4 Å². The average Bonchev–Trinajstić information content (AvgIpc) is 3.27. The Labute approximate surface area is 143 Å². The highest BCUT2D eigenvalue weighted by Gasteiger charge is 2.21. The normalized spacial score (nSPS) is 15.8. The lowest BCUT2D eigenvalue weighted by Gasteiger charge is -2.34. The molecule has 0 aliphatic carbocycles. The van der Waals surface area contributed by atoms with E-state index in [0.29, 0.717) is 23.3 Å². The number of hydrogen-bond donors (Lipinski definition) is 0. The third kappa shape index (κ3) is 3.13. The van der Waals surface area contributed by atoms with Crippen LogP contribution in [0.4, 0.5) is 5.82 Å². The molecule has 1 saturated heterocycles. The van der Waals surface area contributed by atoms with E-state index in [1.165, 1.54) is 0 Å². The van der Waals surface area contributed by atoms with Gasteiger partial charge < -0.3 is 13.8 Å². The molecule has 0 aromatic carbocycles. The predicted molar refractivity (Wildman–Crippen MR) is 88.7 cm³/mol. The monoisotopic (exact) mass is 345 g/mol. The predicted octanol–water partition coefficient (Wildman–Crippen LogP) is 2.70. The van der Waals surface area contributed by atoms with Gasteiger partial charge in [0, 0.05) is 32.4 Å². The summed E-state index contributed by atoms with van der Waals surface area (Å²) in [4.78, 5) is 13.3. The zero-order valence-electron chi connectivity index (χ0n) is 12.9. The Balaban J connectivity index is 1.36. The summed E-state index contributed by atoms with van der Waals surface area (Å²) in [6.07, 6.45) is 4.96. The first-order chi connectivity index (χ1) is 11.8. The van der Waals surface area contributed by atoms with E-state index in [9.17, 15) is 0 Å². The van der Waals surface area contributed by atoms with Gasteiger partial charge in [-0.3, -0.25) is 4.90 Å². The zero-order valence-corrected chi connectivity index (χ0v) is 13.7. The van der Waals surface area contributed by atoms with Crippen LogP contribution in [0.5, 0.6) is 0 Å². The molecular formula is C16H16ClN5O2. The van der Waals surface area contributed by atoms with Crippen LogP contribution in [-0.2, 0) is 6.54 Å². The SMILES string of the molecule is Clc1cccnc1N1CCN(Cc2nc(-c3ccoc3)no2)CC1. The molecule has 4 rings (SSSR count). The maximum absolute atomic E-state index is 6.22. The Morgan fingerprint density at radius 3 is 2.79 bits per heavy atom. The second-order valence-electron chi connectivity index (χ2n) is 5.60. The highest BCUT2D eigenvalue weighted by atomic mass is 35.5. The summed E-state index contributed by atoms with van der Waals surface area (Å²) in [5, 5.41) is 4.68. The van der Waals surface area contributed by atoms with Gasteiger partial charge in [-0.1, -0.05) is 16.8 Å². The molecule has 24 heavy (non-hydrogen) atoms. The zero-order chi connectivity index (χ0) is 16.4. The topological polar surface area (TPSA) is 71.4 Å². The fourth-order valence-corrected chi connectivity index (χ4v) is 2.99. The summed E-state index contributed by atoms with van der Waals surface area (Å²) in [6, 6.07) is 5.52. The minimum absolute atomic E-state index is 0.553. The molecule has 3 aromatic rings. The van der Waals surface area contributed by atoms with E-state index < -0.39 is 0 Å². The van der Waals surface area contributed by atoms with Gasteiger partial charge in [-0.2, -0.15) is 4.98 Å². The molecule has 0 atom stereocenters. The van der Waals surface area contributed by atoms with Crippen LogP contribution in [0.3, 0.4) is 0 Å². The Hall–Kier alpha value is -2.38. The van der Waals surface area contributed by atoms with Crippen LogP contribution < -0.4 is 4.90 Å². The average molecular weight is 346 g/mol. The summed E-state index contributed by atoms with van der Waals surface area (Å²) < 4.78 is 10.4. The molecule has 0 unspecified atom stereocenters. The Morgan fingerprint density at radius 2 is 2.04 bits per heavy atom. The van der Waals surface area contributed by atoms with Gasteiger partial charge in [-0.25, -0.2) is 4.98 Å². The number of halogens is 1. The molecule has 0 radical (unpaired) electrons. The summed E-state index contributed by atoms with van der Waals surface area (Å²) in [5.41, 5.74) is 0.819. The van der Waals surface area contributed by atoms with E-state index >= 15 is 0 Å². The standard InChI is InChI=1S/C16H16ClN5O2/c17-13-2-1-4-18-16(13)22-7-5-21(6-8-22)10-14-19-15(20-24-14)12-3-9-23-11-12/h1-4,9,11H,5-8,10H2. The Kier molecular flexibility index (Phi) is 4.18. The summed E-state index contributed by atoms with van der Waals surface area (Å²) in [5.74, 6) is 2.01. The summed E-state index contributed by atoms with van der Waals surface area (Å²) in [7, 11) is 0. The second-order valence-corrected chi connectivity index (χ2v) is 6.00. The fraction of sp³-hybridized carbons (Fsp3) is 0.312. The van der Waals surface area contributed by atoms with Crippen molar-refractivity contribution in [2.24, 2.45) is 0 Å². The van der Waals surface area contributed by atoms with Crippen LogP contribution in [0.1, 0.15) is 5.89 Å². The van der Waals surface area contributed by atoms with E-state index in [2.05, 4.69) is 24.9 Å². The first-order valence-electron chi connectivity index (χ1n) is 7.72. The molecule has 1 aliphatic rings. The van der Waals surface area contributed by atoms with Gasteiger partial charge in [-0.05, 0) is 18.2 Å². The molecule has 0 bridgehead atoms. The van der Waals surface area contributed by atoms with Gasteiger partial charge in [0.1, 0.15) is 12.1 Å². The van der Waals surface area contributed by atoms with Crippen LogP contribution >= 0.6 is 11.6 Å². The largest absolute Gasteiger partial charge is 0.472 e. The number of hydrogen-bond acceptors (Lipinski definition) is 7. The van der Waals surface area contributed by atoms with Crippen LogP contribution in [0.2, 0.25) is 5.02 Å². The molecule has 0 N–H and O–H groups in total. The molecular weight excluding hydrogens is 330 g/mol. The first-order valence-corrected chi connectivity index (χ1v) is 8.10. The second kappa shape index (κ2) is 6.62. The minimum Gasteiger partial charge on any atom is -0.472 e. The molecule has 0 amide bonds. The van der Waals surface area contributed by atoms with Crippen molar-refractivity contribution in [3.63, 3.8) is 0 Å². The van der Waals surface area contributed by atoms with Crippen molar-refractivity contribution in [3.8, 4) is 11.4 Å².